The predicted octanol–water partition coefficient (Wildman–Crippen LogP) is 1.57. The Balaban J connectivity index is 1.31. The van der Waals surface area contributed by atoms with Crippen molar-refractivity contribution >= 4 is 51.8 Å². The molecule has 2 heterocycles. The molecule has 4 amide bonds. The maximum absolute atomic E-state index is 14.2. The number of primary amides is 1. The van der Waals surface area contributed by atoms with Crippen LogP contribution in [0.5, 0.6) is 0 Å². The van der Waals surface area contributed by atoms with E-state index in [1.807, 2.05) is 0 Å². The van der Waals surface area contributed by atoms with Gasteiger partial charge in [0.15, 0.2) is 5.69 Å². The first-order chi connectivity index (χ1) is 20.6. The number of nitrogens with two attached hydrogens (primary N) is 2. The number of benzene rings is 2. The number of hydrogen-bond acceptors (Lipinski definition) is 7. The number of halogens is 2. The Hall–Kier alpha value is -4.98. The van der Waals surface area contributed by atoms with Crippen LogP contribution in [0.15, 0.2) is 48.9 Å². The molecule has 4 aromatic rings. The van der Waals surface area contributed by atoms with Gasteiger partial charge in [0.1, 0.15) is 18.9 Å². The van der Waals surface area contributed by atoms with Crippen LogP contribution in [0.2, 0.25) is 5.02 Å². The molecule has 0 atom stereocenters. The number of amides is 4. The van der Waals surface area contributed by atoms with Crippen LogP contribution in [0.25, 0.3) is 10.9 Å². The van der Waals surface area contributed by atoms with Crippen LogP contribution in [-0.4, -0.2) is 72.3 Å². The topological polar surface area (TPSA) is 185 Å². The lowest BCUT2D eigenvalue weighted by molar-refractivity contribution is -0.143. The molecule has 13 nitrogen and oxygen atoms in total. The molecule has 5 rings (SSSR count). The van der Waals surface area contributed by atoms with E-state index in [2.05, 4.69) is 20.4 Å². The van der Waals surface area contributed by atoms with Crippen LogP contribution in [-0.2, 0) is 34.0 Å². The molecule has 43 heavy (non-hydrogen) atoms. The zero-order valence-corrected chi connectivity index (χ0v) is 23.7. The van der Waals surface area contributed by atoms with Crippen molar-refractivity contribution in [1.82, 2.24) is 34.9 Å². The maximum atomic E-state index is 14.2. The predicted molar refractivity (Wildman–Crippen MR) is 155 cm³/mol. The highest BCUT2D eigenvalue weighted by Crippen LogP contribution is 2.27. The largest absolute Gasteiger partial charge is 0.399 e. The molecule has 15 heteroatoms. The van der Waals surface area contributed by atoms with Crippen molar-refractivity contribution in [2.24, 2.45) is 5.73 Å². The number of nitrogen functional groups attached to an aromatic ring is 1. The first kappa shape index (κ1) is 29.5. The van der Waals surface area contributed by atoms with Crippen LogP contribution < -0.4 is 16.8 Å². The highest BCUT2D eigenvalue weighted by Gasteiger charge is 2.35. The van der Waals surface area contributed by atoms with Gasteiger partial charge in [-0.1, -0.05) is 23.7 Å². The Morgan fingerprint density at radius 2 is 1.93 bits per heavy atom. The van der Waals surface area contributed by atoms with Crippen molar-refractivity contribution in [3.8, 4) is 0 Å². The summed E-state index contributed by atoms with van der Waals surface area (Å²) < 4.78 is 15.6. The van der Waals surface area contributed by atoms with E-state index in [1.54, 1.807) is 30.5 Å². The Morgan fingerprint density at radius 1 is 1.14 bits per heavy atom. The summed E-state index contributed by atoms with van der Waals surface area (Å²) in [6.45, 7) is -1.00. The zero-order chi connectivity index (χ0) is 30.7. The van der Waals surface area contributed by atoms with Crippen LogP contribution in [0.1, 0.15) is 34.6 Å². The minimum Gasteiger partial charge on any atom is -0.399 e. The smallest absolute Gasteiger partial charge is 0.269 e. The average Bonchev–Trinajstić information content (AvgIpc) is 3.56. The van der Waals surface area contributed by atoms with Gasteiger partial charge in [0, 0.05) is 35.4 Å². The third-order valence-electron chi connectivity index (χ3n) is 7.01. The number of fused-ring (bicyclic) bond motifs is 1. The van der Waals surface area contributed by atoms with Gasteiger partial charge < -0.3 is 31.6 Å². The minimum absolute atomic E-state index is 0.00163. The van der Waals surface area contributed by atoms with Gasteiger partial charge in [-0.3, -0.25) is 23.9 Å². The number of aromatic amines is 1. The maximum Gasteiger partial charge on any atom is 0.269 e. The summed E-state index contributed by atoms with van der Waals surface area (Å²) in [5.41, 5.74) is 12.9. The van der Waals surface area contributed by atoms with Gasteiger partial charge in [-0.25, -0.2) is 9.37 Å². The molecule has 0 bridgehead atoms. The monoisotopic (exact) mass is 609 g/mol. The summed E-state index contributed by atoms with van der Waals surface area (Å²) in [6.07, 6.45) is 4.48. The Labute approximate surface area is 250 Å². The minimum atomic E-state index is -0.776. The number of H-pyrrole nitrogens is 1. The average molecular weight is 610 g/mol. The van der Waals surface area contributed by atoms with Crippen LogP contribution in [0.4, 0.5) is 10.1 Å². The lowest BCUT2D eigenvalue weighted by atomic mass is 10.2. The number of nitrogens with one attached hydrogen (secondary N) is 2. The van der Waals surface area contributed by atoms with Crippen molar-refractivity contribution in [3.05, 3.63) is 76.7 Å². The van der Waals surface area contributed by atoms with Crippen molar-refractivity contribution in [3.63, 3.8) is 0 Å². The van der Waals surface area contributed by atoms with Gasteiger partial charge in [0.05, 0.1) is 35.7 Å². The number of anilines is 1. The molecule has 2 aromatic carbocycles. The summed E-state index contributed by atoms with van der Waals surface area (Å²) in [6, 6.07) is 9.13. The molecular weight excluding hydrogens is 581 g/mol. The van der Waals surface area contributed by atoms with E-state index >= 15 is 0 Å². The fraction of sp³-hybridized carbons (Fsp3) is 0.286. The summed E-state index contributed by atoms with van der Waals surface area (Å²) in [4.78, 5) is 61.6. The highest BCUT2D eigenvalue weighted by atomic mass is 35.5. The number of carbonyl (C=O) groups is 4. The third kappa shape index (κ3) is 6.92. The summed E-state index contributed by atoms with van der Waals surface area (Å²) in [5, 5.41) is 7.21. The van der Waals surface area contributed by atoms with Gasteiger partial charge in [0.2, 0.25) is 17.7 Å². The number of rotatable bonds is 12. The second-order valence-corrected chi connectivity index (χ2v) is 10.6. The number of nitrogens with zero attached hydrogens (tertiary/aromatic N) is 5. The van der Waals surface area contributed by atoms with Crippen molar-refractivity contribution in [2.75, 3.05) is 18.8 Å². The van der Waals surface area contributed by atoms with Crippen LogP contribution in [0.3, 0.4) is 0 Å². The van der Waals surface area contributed by atoms with Gasteiger partial charge in [-0.15, -0.1) is 0 Å². The van der Waals surface area contributed by atoms with Gasteiger partial charge in [-0.05, 0) is 37.1 Å². The highest BCUT2D eigenvalue weighted by molar-refractivity contribution is 6.30. The zero-order valence-electron chi connectivity index (χ0n) is 22.9. The molecule has 2 aromatic heterocycles. The molecule has 0 radical (unpaired) electrons. The second kappa shape index (κ2) is 12.5. The summed E-state index contributed by atoms with van der Waals surface area (Å²) in [5.74, 6) is -2.80. The first-order valence-electron chi connectivity index (χ1n) is 13.4. The normalized spacial score (nSPS) is 12.7. The Morgan fingerprint density at radius 3 is 2.63 bits per heavy atom. The quantitative estimate of drug-likeness (QED) is 0.176. The molecule has 224 valence electrons. The lowest BCUT2D eigenvalue weighted by Gasteiger charge is -2.27. The van der Waals surface area contributed by atoms with E-state index in [9.17, 15) is 23.6 Å². The molecule has 6 N–H and O–H groups in total. The number of aromatic nitrogens is 4. The van der Waals surface area contributed by atoms with E-state index in [1.165, 1.54) is 32.9 Å². The fourth-order valence-electron chi connectivity index (χ4n) is 4.68. The lowest BCUT2D eigenvalue weighted by Crippen LogP contribution is -2.47. The second-order valence-electron chi connectivity index (χ2n) is 10.2. The molecule has 0 saturated heterocycles. The van der Waals surface area contributed by atoms with E-state index in [0.717, 1.165) is 0 Å². The molecule has 0 spiro atoms. The van der Waals surface area contributed by atoms with Gasteiger partial charge in [-0.2, -0.15) is 5.10 Å². The summed E-state index contributed by atoms with van der Waals surface area (Å²) in [7, 11) is 0. The Bertz CT molecular complexity index is 1690. The van der Waals surface area contributed by atoms with Crippen molar-refractivity contribution in [1.29, 1.82) is 0 Å². The van der Waals surface area contributed by atoms with Crippen LogP contribution in [0, 0.1) is 5.82 Å². The van der Waals surface area contributed by atoms with Crippen molar-refractivity contribution in [2.45, 2.75) is 38.5 Å². The first-order valence-corrected chi connectivity index (χ1v) is 13.8. The fourth-order valence-corrected chi connectivity index (χ4v) is 4.88. The SMILES string of the molecule is NC(=O)c1nn(CC(=O)N(CC(=O)N(CC(=O)NCc2cccc(Cl)c2F)C2CC2)Cc2c[nH]cn2)c2ccc(N)cc12. The van der Waals surface area contributed by atoms with Crippen LogP contribution >= 0.6 is 11.6 Å². The van der Waals surface area contributed by atoms with E-state index < -0.39 is 29.4 Å². The van der Waals surface area contributed by atoms with E-state index in [0.29, 0.717) is 35.1 Å². The molecular formula is C28H29ClFN9O4. The number of hydrogen-bond donors (Lipinski definition) is 4. The Kier molecular flexibility index (Phi) is 8.57. The standard InChI is InChI=1S/C28H29ClFN9O4/c29-21-3-1-2-16(26(21)30)9-34-23(40)12-38(19-5-6-19)25(42)13-37(11-18-10-33-15-35-18)24(41)14-39-22-7-4-17(31)8-20(22)27(36-39)28(32)43/h1-4,7-8,10,15,19H,5-6,9,11-14,31H2,(H2,32,43)(H,33,35)(H,34,40). The van der Waals surface area contributed by atoms with Crippen molar-refractivity contribution < 1.29 is 23.6 Å². The molecule has 0 unspecified atom stereocenters. The molecule has 1 aliphatic carbocycles. The van der Waals surface area contributed by atoms with E-state index in [4.69, 9.17) is 23.1 Å². The number of imidazole rings is 1. The van der Waals surface area contributed by atoms with E-state index in [-0.39, 0.29) is 55.0 Å². The molecule has 1 fully saturated rings. The third-order valence-corrected chi connectivity index (χ3v) is 7.30. The summed E-state index contributed by atoms with van der Waals surface area (Å²) >= 11 is 5.82. The number of carbonyl (C=O) groups excluding carboxylic acids is 4. The molecule has 1 saturated carbocycles. The molecule has 0 aliphatic heterocycles. The van der Waals surface area contributed by atoms with Gasteiger partial charge >= 0.3 is 0 Å². The van der Waals surface area contributed by atoms with Gasteiger partial charge in [0.25, 0.3) is 5.91 Å². The molecule has 1 aliphatic rings.